The molecule has 0 amide bonds. The van der Waals surface area contributed by atoms with Gasteiger partial charge < -0.3 is 9.94 Å². The van der Waals surface area contributed by atoms with Crippen LogP contribution in [-0.4, -0.2) is 11.3 Å². The van der Waals surface area contributed by atoms with Crippen molar-refractivity contribution in [2.24, 2.45) is 0 Å². The minimum absolute atomic E-state index is 0.606. The zero-order valence-corrected chi connectivity index (χ0v) is 5.65. The Labute approximate surface area is 63.4 Å². The summed E-state index contributed by atoms with van der Waals surface area (Å²) in [5.41, 5.74) is 2.85. The Morgan fingerprint density at radius 1 is 1.36 bits per heavy atom. The maximum Gasteiger partial charge on any atom is 0.530 e. The molecule has 4 nitrogen and oxygen atoms in total. The van der Waals surface area contributed by atoms with E-state index >= 15 is 0 Å². The van der Waals surface area contributed by atoms with Crippen LogP contribution in [0.5, 0.6) is 0 Å². The van der Waals surface area contributed by atoms with Crippen molar-refractivity contribution in [3.05, 3.63) is 30.3 Å². The fourth-order valence-corrected chi connectivity index (χ4v) is 0.609. The maximum atomic E-state index is 9.89. The molecule has 2 N–H and O–H groups in total. The number of para-hydroxylation sites is 1. The van der Waals surface area contributed by atoms with Crippen LogP contribution in [0.2, 0.25) is 0 Å². The smallest absolute Gasteiger partial charge is 0.448 e. The highest BCUT2D eigenvalue weighted by Gasteiger charge is 1.94. The van der Waals surface area contributed by atoms with E-state index < -0.39 is 6.16 Å². The van der Waals surface area contributed by atoms with Gasteiger partial charge in [0.05, 0.1) is 5.69 Å². The average molecular weight is 153 g/mol. The lowest BCUT2D eigenvalue weighted by Crippen LogP contribution is -2.06. The van der Waals surface area contributed by atoms with Crippen molar-refractivity contribution in [3.8, 4) is 0 Å². The van der Waals surface area contributed by atoms with Crippen LogP contribution in [0.15, 0.2) is 30.3 Å². The lowest BCUT2D eigenvalue weighted by Gasteiger charge is -2.01. The minimum Gasteiger partial charge on any atom is -0.448 e. The number of carbonyl (C=O) groups is 1. The Hall–Kier alpha value is -1.71. The molecule has 0 aliphatic carbocycles. The molecule has 1 aromatic rings. The van der Waals surface area contributed by atoms with Crippen molar-refractivity contribution >= 4 is 11.8 Å². The maximum absolute atomic E-state index is 9.89. The summed E-state index contributed by atoms with van der Waals surface area (Å²) in [6.07, 6.45) is -1.35. The number of rotatable bonds is 2. The van der Waals surface area contributed by atoms with Gasteiger partial charge in [-0.3, -0.25) is 0 Å². The van der Waals surface area contributed by atoms with Gasteiger partial charge in [0.25, 0.3) is 0 Å². The summed E-state index contributed by atoms with van der Waals surface area (Å²) >= 11 is 0. The van der Waals surface area contributed by atoms with Crippen LogP contribution < -0.4 is 5.48 Å². The second-order valence-corrected chi connectivity index (χ2v) is 1.84. The quantitative estimate of drug-likeness (QED) is 0.635. The first kappa shape index (κ1) is 7.40. The van der Waals surface area contributed by atoms with Crippen LogP contribution in [0.1, 0.15) is 0 Å². The first-order valence-corrected chi connectivity index (χ1v) is 3.00. The molecule has 0 aliphatic rings. The second-order valence-electron chi connectivity index (χ2n) is 1.84. The molecule has 0 atom stereocenters. The van der Waals surface area contributed by atoms with E-state index in [2.05, 4.69) is 10.3 Å². The van der Waals surface area contributed by atoms with Gasteiger partial charge >= 0.3 is 6.16 Å². The van der Waals surface area contributed by atoms with Gasteiger partial charge in [-0.1, -0.05) is 18.2 Å². The molecule has 11 heavy (non-hydrogen) atoms. The molecule has 0 fully saturated rings. The fourth-order valence-electron chi connectivity index (χ4n) is 0.609. The summed E-state index contributed by atoms with van der Waals surface area (Å²) in [6.45, 7) is 0. The average Bonchev–Trinajstić information content (AvgIpc) is 2.03. The molecule has 0 aliphatic heterocycles. The fraction of sp³-hybridized carbons (Fsp3) is 0. The molecule has 0 bridgehead atoms. The SMILES string of the molecule is O=C(O)ONc1ccccc1. The van der Waals surface area contributed by atoms with Gasteiger partial charge in [-0.25, -0.2) is 10.3 Å². The van der Waals surface area contributed by atoms with Crippen molar-refractivity contribution in [3.63, 3.8) is 0 Å². The Kier molecular flexibility index (Phi) is 2.32. The zero-order chi connectivity index (χ0) is 8.10. The van der Waals surface area contributed by atoms with Crippen molar-refractivity contribution in [2.75, 3.05) is 5.48 Å². The van der Waals surface area contributed by atoms with E-state index in [1.807, 2.05) is 6.07 Å². The molecule has 58 valence electrons. The molecule has 0 saturated carbocycles. The van der Waals surface area contributed by atoms with Crippen LogP contribution in [0.3, 0.4) is 0 Å². The van der Waals surface area contributed by atoms with E-state index in [0.717, 1.165) is 0 Å². The minimum atomic E-state index is -1.35. The highest BCUT2D eigenvalue weighted by molar-refractivity contribution is 5.58. The summed E-state index contributed by atoms with van der Waals surface area (Å²) in [6, 6.07) is 8.76. The van der Waals surface area contributed by atoms with E-state index in [1.54, 1.807) is 24.3 Å². The Bertz CT molecular complexity index is 235. The molecule has 0 radical (unpaired) electrons. The topological polar surface area (TPSA) is 58.6 Å². The Balaban J connectivity index is 2.45. The molecule has 1 aromatic carbocycles. The lowest BCUT2D eigenvalue weighted by molar-refractivity contribution is 0.112. The highest BCUT2D eigenvalue weighted by Crippen LogP contribution is 2.03. The van der Waals surface area contributed by atoms with Crippen LogP contribution in [0.4, 0.5) is 10.5 Å². The van der Waals surface area contributed by atoms with Crippen molar-refractivity contribution in [2.45, 2.75) is 0 Å². The molecule has 0 unspecified atom stereocenters. The first-order valence-electron chi connectivity index (χ1n) is 3.00. The van der Waals surface area contributed by atoms with Crippen LogP contribution in [0.25, 0.3) is 0 Å². The normalized spacial score (nSPS) is 8.73. The van der Waals surface area contributed by atoms with Gasteiger partial charge in [-0.2, -0.15) is 0 Å². The third kappa shape index (κ3) is 2.57. The number of hydrogen-bond acceptors (Lipinski definition) is 3. The number of hydrogen-bond donors (Lipinski definition) is 2. The van der Waals surface area contributed by atoms with E-state index in [1.165, 1.54) is 0 Å². The zero-order valence-electron chi connectivity index (χ0n) is 5.65. The predicted molar refractivity (Wildman–Crippen MR) is 39.2 cm³/mol. The Morgan fingerprint density at radius 3 is 2.55 bits per heavy atom. The summed E-state index contributed by atoms with van der Waals surface area (Å²) in [5.74, 6) is 0. The number of benzene rings is 1. The standard InChI is InChI=1S/C7H7NO3/c9-7(10)11-8-6-4-2-1-3-5-6/h1-5,8H,(H,9,10). The highest BCUT2D eigenvalue weighted by atomic mass is 16.8. The van der Waals surface area contributed by atoms with E-state index in [9.17, 15) is 4.79 Å². The molecular weight excluding hydrogens is 146 g/mol. The monoisotopic (exact) mass is 153 g/mol. The van der Waals surface area contributed by atoms with Gasteiger partial charge in [-0.15, -0.1) is 0 Å². The van der Waals surface area contributed by atoms with Gasteiger partial charge in [0, 0.05) is 0 Å². The van der Waals surface area contributed by atoms with E-state index in [4.69, 9.17) is 5.11 Å². The van der Waals surface area contributed by atoms with Crippen molar-refractivity contribution in [1.82, 2.24) is 0 Å². The van der Waals surface area contributed by atoms with Gasteiger partial charge in [-0.05, 0) is 12.1 Å². The second kappa shape index (κ2) is 3.46. The largest absolute Gasteiger partial charge is 0.530 e. The molecule has 0 aromatic heterocycles. The van der Waals surface area contributed by atoms with Gasteiger partial charge in [0.1, 0.15) is 0 Å². The van der Waals surface area contributed by atoms with Gasteiger partial charge in [0.15, 0.2) is 0 Å². The summed E-state index contributed by atoms with van der Waals surface area (Å²) in [5, 5.41) is 8.09. The van der Waals surface area contributed by atoms with Crippen LogP contribution in [-0.2, 0) is 4.84 Å². The third-order valence-electron chi connectivity index (χ3n) is 1.03. The van der Waals surface area contributed by atoms with E-state index in [0.29, 0.717) is 5.69 Å². The number of nitrogens with one attached hydrogen (secondary N) is 1. The van der Waals surface area contributed by atoms with Crippen molar-refractivity contribution < 1.29 is 14.7 Å². The molecule has 4 heteroatoms. The van der Waals surface area contributed by atoms with Crippen LogP contribution >= 0.6 is 0 Å². The summed E-state index contributed by atoms with van der Waals surface area (Å²) in [4.78, 5) is 14.0. The van der Waals surface area contributed by atoms with E-state index in [-0.39, 0.29) is 0 Å². The summed E-state index contributed by atoms with van der Waals surface area (Å²) < 4.78 is 0. The number of carboxylic acid groups (broad SMARTS) is 1. The predicted octanol–water partition coefficient (Wildman–Crippen LogP) is 1.71. The lowest BCUT2D eigenvalue weighted by atomic mass is 10.3. The Morgan fingerprint density at radius 2 is 2.00 bits per heavy atom. The molecular formula is C7H7NO3. The molecule has 1 rings (SSSR count). The molecule has 0 spiro atoms. The molecule has 0 saturated heterocycles. The molecule has 0 heterocycles. The van der Waals surface area contributed by atoms with Gasteiger partial charge in [0.2, 0.25) is 0 Å². The third-order valence-corrected chi connectivity index (χ3v) is 1.03. The summed E-state index contributed by atoms with van der Waals surface area (Å²) in [7, 11) is 0. The van der Waals surface area contributed by atoms with Crippen LogP contribution in [0, 0.1) is 0 Å². The number of anilines is 1. The first-order chi connectivity index (χ1) is 5.29. The van der Waals surface area contributed by atoms with Crippen molar-refractivity contribution in [1.29, 1.82) is 0 Å².